The van der Waals surface area contributed by atoms with Gasteiger partial charge in [0, 0.05) is 43.8 Å². The Balaban J connectivity index is 1.50. The van der Waals surface area contributed by atoms with Crippen LogP contribution in [0.15, 0.2) is 48.8 Å². The van der Waals surface area contributed by atoms with Gasteiger partial charge in [-0.05, 0) is 30.5 Å². The zero-order valence-corrected chi connectivity index (χ0v) is 14.4. The maximum absolute atomic E-state index is 12.6. The van der Waals surface area contributed by atoms with Crippen molar-refractivity contribution >= 4 is 17.2 Å². The molecular formula is C19H21N5O2. The quantitative estimate of drug-likeness (QED) is 0.751. The second kappa shape index (κ2) is 7.23. The van der Waals surface area contributed by atoms with Crippen LogP contribution in [0.25, 0.3) is 5.65 Å². The predicted octanol–water partition coefficient (Wildman–Crippen LogP) is 1.94. The molecule has 0 bridgehead atoms. The molecule has 134 valence electrons. The van der Waals surface area contributed by atoms with Crippen molar-refractivity contribution in [1.82, 2.24) is 19.5 Å². The van der Waals surface area contributed by atoms with Crippen LogP contribution in [0, 0.1) is 0 Å². The number of aliphatic hydroxyl groups is 1. The summed E-state index contributed by atoms with van der Waals surface area (Å²) in [5.74, 6) is -0.253. The topological polar surface area (TPSA) is 82.8 Å². The molecule has 1 aliphatic rings. The van der Waals surface area contributed by atoms with E-state index >= 15 is 0 Å². The molecule has 7 heteroatoms. The molecule has 0 saturated carbocycles. The molecule has 26 heavy (non-hydrogen) atoms. The van der Waals surface area contributed by atoms with Crippen LogP contribution < -0.4 is 5.32 Å². The molecule has 7 nitrogen and oxygen atoms in total. The van der Waals surface area contributed by atoms with Crippen molar-refractivity contribution in [3.05, 3.63) is 60.0 Å². The number of carbonyl (C=O) groups excluding carboxylic acids is 1. The Labute approximate surface area is 151 Å². The second-order valence-corrected chi connectivity index (χ2v) is 6.57. The maximum atomic E-state index is 12.6. The van der Waals surface area contributed by atoms with E-state index in [2.05, 4.69) is 20.3 Å². The monoisotopic (exact) mass is 351 g/mol. The van der Waals surface area contributed by atoms with Gasteiger partial charge in [0.05, 0.1) is 6.10 Å². The number of amides is 1. The standard InChI is InChI=1S/C19H21N5O2/c25-15-6-10-23(11-7-15)13-14-4-1-2-5-16(14)21-19(26)17-12-18-20-8-3-9-24(18)22-17/h1-5,8-9,12,15,25H,6-7,10-11,13H2,(H,21,26). The van der Waals surface area contributed by atoms with E-state index in [1.54, 1.807) is 29.0 Å². The number of carbonyl (C=O) groups is 1. The molecule has 2 aromatic heterocycles. The number of nitrogens with one attached hydrogen (secondary N) is 1. The molecule has 0 unspecified atom stereocenters. The molecule has 1 aliphatic heterocycles. The van der Waals surface area contributed by atoms with E-state index in [1.165, 1.54) is 0 Å². The molecule has 1 saturated heterocycles. The fraction of sp³-hybridized carbons (Fsp3) is 0.316. The predicted molar refractivity (Wildman–Crippen MR) is 97.9 cm³/mol. The number of fused-ring (bicyclic) bond motifs is 1. The minimum Gasteiger partial charge on any atom is -0.393 e. The average molecular weight is 351 g/mol. The lowest BCUT2D eigenvalue weighted by atomic mass is 10.1. The molecule has 4 rings (SSSR count). The highest BCUT2D eigenvalue weighted by Gasteiger charge is 2.19. The van der Waals surface area contributed by atoms with Crippen molar-refractivity contribution in [2.45, 2.75) is 25.5 Å². The van der Waals surface area contributed by atoms with Crippen molar-refractivity contribution in [2.24, 2.45) is 0 Å². The normalized spacial score (nSPS) is 16.0. The van der Waals surface area contributed by atoms with Crippen molar-refractivity contribution in [1.29, 1.82) is 0 Å². The molecule has 3 aromatic rings. The number of para-hydroxylation sites is 1. The number of rotatable bonds is 4. The lowest BCUT2D eigenvalue weighted by Gasteiger charge is -2.30. The van der Waals surface area contributed by atoms with Crippen molar-refractivity contribution in [3.63, 3.8) is 0 Å². The van der Waals surface area contributed by atoms with E-state index in [-0.39, 0.29) is 12.0 Å². The second-order valence-electron chi connectivity index (χ2n) is 6.57. The van der Waals surface area contributed by atoms with Gasteiger partial charge in [-0.3, -0.25) is 9.69 Å². The summed E-state index contributed by atoms with van der Waals surface area (Å²) in [6.07, 6.45) is 4.83. The maximum Gasteiger partial charge on any atom is 0.276 e. The molecule has 0 radical (unpaired) electrons. The van der Waals surface area contributed by atoms with Crippen LogP contribution in [0.4, 0.5) is 5.69 Å². The van der Waals surface area contributed by atoms with Gasteiger partial charge in [0.1, 0.15) is 0 Å². The summed E-state index contributed by atoms with van der Waals surface area (Å²) in [5.41, 5.74) is 2.81. The fourth-order valence-corrected chi connectivity index (χ4v) is 3.23. The van der Waals surface area contributed by atoms with Crippen molar-refractivity contribution in [2.75, 3.05) is 18.4 Å². The summed E-state index contributed by atoms with van der Waals surface area (Å²) in [6, 6.07) is 11.2. The van der Waals surface area contributed by atoms with Crippen LogP contribution in [-0.4, -0.2) is 49.7 Å². The number of likely N-dealkylation sites (tertiary alicyclic amines) is 1. The number of hydrogen-bond donors (Lipinski definition) is 2. The van der Waals surface area contributed by atoms with Gasteiger partial charge in [-0.2, -0.15) is 5.10 Å². The SMILES string of the molecule is O=C(Nc1ccccc1CN1CCC(O)CC1)c1cc2ncccn2n1. The van der Waals surface area contributed by atoms with Crippen LogP contribution in [0.5, 0.6) is 0 Å². The Morgan fingerprint density at radius 2 is 2.04 bits per heavy atom. The summed E-state index contributed by atoms with van der Waals surface area (Å²) in [6.45, 7) is 2.47. The lowest BCUT2D eigenvalue weighted by molar-refractivity contribution is 0.0793. The third-order valence-electron chi connectivity index (χ3n) is 4.69. The third kappa shape index (κ3) is 3.58. The minimum atomic E-state index is -0.253. The summed E-state index contributed by atoms with van der Waals surface area (Å²) >= 11 is 0. The van der Waals surface area contributed by atoms with E-state index < -0.39 is 0 Å². The van der Waals surface area contributed by atoms with Crippen molar-refractivity contribution < 1.29 is 9.90 Å². The Hall–Kier alpha value is -2.77. The number of piperidine rings is 1. The highest BCUT2D eigenvalue weighted by molar-refractivity contribution is 6.03. The summed E-state index contributed by atoms with van der Waals surface area (Å²) in [7, 11) is 0. The molecule has 1 fully saturated rings. The van der Waals surface area contributed by atoms with E-state index in [4.69, 9.17) is 0 Å². The number of nitrogens with zero attached hydrogens (tertiary/aromatic N) is 4. The Morgan fingerprint density at radius 1 is 1.23 bits per heavy atom. The Bertz CT molecular complexity index is 882. The molecular weight excluding hydrogens is 330 g/mol. The van der Waals surface area contributed by atoms with Crippen LogP contribution >= 0.6 is 0 Å². The highest BCUT2D eigenvalue weighted by atomic mass is 16.3. The molecule has 2 N–H and O–H groups in total. The largest absolute Gasteiger partial charge is 0.393 e. The fourth-order valence-electron chi connectivity index (χ4n) is 3.23. The highest BCUT2D eigenvalue weighted by Crippen LogP contribution is 2.20. The third-order valence-corrected chi connectivity index (χ3v) is 4.69. The van der Waals surface area contributed by atoms with Gasteiger partial charge in [-0.25, -0.2) is 9.50 Å². The molecule has 1 amide bonds. The zero-order valence-electron chi connectivity index (χ0n) is 14.4. The number of hydrogen-bond acceptors (Lipinski definition) is 5. The first kappa shape index (κ1) is 16.7. The zero-order chi connectivity index (χ0) is 17.9. The number of anilines is 1. The van der Waals surface area contributed by atoms with Gasteiger partial charge in [0.2, 0.25) is 0 Å². The molecule has 0 aliphatic carbocycles. The first-order valence-electron chi connectivity index (χ1n) is 8.79. The van der Waals surface area contributed by atoms with Gasteiger partial charge in [-0.15, -0.1) is 0 Å². The van der Waals surface area contributed by atoms with Gasteiger partial charge in [0.25, 0.3) is 5.91 Å². The van der Waals surface area contributed by atoms with Crippen LogP contribution in [-0.2, 0) is 6.54 Å². The minimum absolute atomic E-state index is 0.190. The number of aliphatic hydroxyl groups excluding tert-OH is 1. The van der Waals surface area contributed by atoms with E-state index in [0.29, 0.717) is 11.3 Å². The average Bonchev–Trinajstić information content (AvgIpc) is 3.09. The smallest absolute Gasteiger partial charge is 0.276 e. The molecule has 0 spiro atoms. The summed E-state index contributed by atoms with van der Waals surface area (Å²) < 4.78 is 1.58. The van der Waals surface area contributed by atoms with Gasteiger partial charge in [0.15, 0.2) is 11.3 Å². The van der Waals surface area contributed by atoms with E-state index in [0.717, 1.165) is 43.7 Å². The molecule has 1 aromatic carbocycles. The first-order valence-corrected chi connectivity index (χ1v) is 8.79. The number of benzene rings is 1. The van der Waals surface area contributed by atoms with Crippen LogP contribution in [0.1, 0.15) is 28.9 Å². The summed E-state index contributed by atoms with van der Waals surface area (Å²) in [5, 5.41) is 16.9. The molecule has 0 atom stereocenters. The Morgan fingerprint density at radius 3 is 2.85 bits per heavy atom. The van der Waals surface area contributed by atoms with Crippen LogP contribution in [0.2, 0.25) is 0 Å². The summed E-state index contributed by atoms with van der Waals surface area (Å²) in [4.78, 5) is 19.1. The Kier molecular flexibility index (Phi) is 4.64. The van der Waals surface area contributed by atoms with E-state index in [1.807, 2.05) is 24.3 Å². The number of aromatic nitrogens is 3. The van der Waals surface area contributed by atoms with Gasteiger partial charge in [-0.1, -0.05) is 18.2 Å². The van der Waals surface area contributed by atoms with Gasteiger partial charge < -0.3 is 10.4 Å². The van der Waals surface area contributed by atoms with E-state index in [9.17, 15) is 9.90 Å². The lowest BCUT2D eigenvalue weighted by Crippen LogP contribution is -2.35. The van der Waals surface area contributed by atoms with Gasteiger partial charge >= 0.3 is 0 Å². The first-order chi connectivity index (χ1) is 12.7. The molecule has 3 heterocycles. The van der Waals surface area contributed by atoms with Crippen molar-refractivity contribution in [3.8, 4) is 0 Å². The van der Waals surface area contributed by atoms with Crippen LogP contribution in [0.3, 0.4) is 0 Å².